The van der Waals surface area contributed by atoms with Crippen molar-refractivity contribution in [2.75, 3.05) is 7.11 Å². The van der Waals surface area contributed by atoms with Crippen molar-refractivity contribution < 1.29 is 4.74 Å². The van der Waals surface area contributed by atoms with Gasteiger partial charge >= 0.3 is 0 Å². The first-order valence-corrected chi connectivity index (χ1v) is 7.45. The summed E-state index contributed by atoms with van der Waals surface area (Å²) in [6.07, 6.45) is 0. The van der Waals surface area contributed by atoms with E-state index < -0.39 is 0 Å². The Morgan fingerprint density at radius 3 is 2.57 bits per heavy atom. The average Bonchev–Trinajstić information content (AvgIpc) is 3.00. The summed E-state index contributed by atoms with van der Waals surface area (Å²) in [5.41, 5.74) is 5.55. The quantitative estimate of drug-likeness (QED) is 0.568. The smallest absolute Gasteiger partial charge is 0.183 e. The molecule has 23 heavy (non-hydrogen) atoms. The van der Waals surface area contributed by atoms with E-state index in [1.807, 2.05) is 41.7 Å². The van der Waals surface area contributed by atoms with E-state index in [2.05, 4.69) is 34.2 Å². The lowest BCUT2D eigenvalue weighted by atomic mass is 10.1. The van der Waals surface area contributed by atoms with E-state index in [1.54, 1.807) is 7.11 Å². The Kier molecular flexibility index (Phi) is 3.01. The number of nitrogens with zero attached hydrogens (tertiary/aromatic N) is 4. The first-order valence-electron chi connectivity index (χ1n) is 7.45. The van der Waals surface area contributed by atoms with E-state index >= 15 is 0 Å². The van der Waals surface area contributed by atoms with E-state index in [0.717, 1.165) is 45.1 Å². The minimum atomic E-state index is 0.750. The van der Waals surface area contributed by atoms with Gasteiger partial charge in [0, 0.05) is 5.56 Å². The second-order valence-corrected chi connectivity index (χ2v) is 5.52. The third kappa shape index (κ3) is 1.97. The van der Waals surface area contributed by atoms with Crippen LogP contribution in [0.3, 0.4) is 0 Å². The monoisotopic (exact) mass is 304 g/mol. The van der Waals surface area contributed by atoms with Crippen LogP contribution in [-0.4, -0.2) is 26.7 Å². The van der Waals surface area contributed by atoms with Gasteiger partial charge in [-0.1, -0.05) is 30.3 Å². The molecule has 0 N–H and O–H groups in total. The molecule has 2 heterocycles. The molecule has 5 heteroatoms. The van der Waals surface area contributed by atoms with Gasteiger partial charge in [0.2, 0.25) is 0 Å². The van der Waals surface area contributed by atoms with Gasteiger partial charge in [-0.2, -0.15) is 0 Å². The van der Waals surface area contributed by atoms with Crippen LogP contribution in [0, 0.1) is 13.8 Å². The van der Waals surface area contributed by atoms with Crippen molar-refractivity contribution in [3.8, 4) is 17.1 Å². The Morgan fingerprint density at radius 2 is 1.78 bits per heavy atom. The molecule has 0 saturated heterocycles. The van der Waals surface area contributed by atoms with Crippen LogP contribution in [0.4, 0.5) is 0 Å². The van der Waals surface area contributed by atoms with E-state index in [1.165, 1.54) is 0 Å². The lowest BCUT2D eigenvalue weighted by molar-refractivity contribution is 0.418. The number of hydrogen-bond donors (Lipinski definition) is 0. The Hall–Kier alpha value is -2.95. The highest BCUT2D eigenvalue weighted by Gasteiger charge is 2.17. The van der Waals surface area contributed by atoms with Crippen LogP contribution < -0.4 is 4.74 Å². The minimum absolute atomic E-state index is 0.750. The van der Waals surface area contributed by atoms with Crippen LogP contribution in [0.15, 0.2) is 42.5 Å². The van der Waals surface area contributed by atoms with E-state index in [4.69, 9.17) is 4.74 Å². The van der Waals surface area contributed by atoms with Gasteiger partial charge in [-0.15, -0.1) is 10.2 Å². The number of rotatable bonds is 2. The molecule has 4 rings (SSSR count). The number of methoxy groups -OCH3 is 1. The van der Waals surface area contributed by atoms with Crippen molar-refractivity contribution in [2.45, 2.75) is 13.8 Å². The summed E-state index contributed by atoms with van der Waals surface area (Å²) in [6.45, 7) is 4.02. The van der Waals surface area contributed by atoms with Crippen LogP contribution in [0.25, 0.3) is 28.1 Å². The molecule has 0 unspecified atom stereocenters. The van der Waals surface area contributed by atoms with Crippen LogP contribution >= 0.6 is 0 Å². The van der Waals surface area contributed by atoms with Gasteiger partial charge in [0.05, 0.1) is 18.3 Å². The molecule has 2 aromatic carbocycles. The second kappa shape index (κ2) is 5.05. The van der Waals surface area contributed by atoms with Gasteiger partial charge < -0.3 is 4.74 Å². The fourth-order valence-electron chi connectivity index (χ4n) is 2.95. The Bertz CT molecular complexity index is 1040. The zero-order valence-electron chi connectivity index (χ0n) is 13.2. The van der Waals surface area contributed by atoms with Gasteiger partial charge in [-0.05, 0) is 31.5 Å². The predicted octanol–water partition coefficient (Wildman–Crippen LogP) is 3.57. The summed E-state index contributed by atoms with van der Waals surface area (Å²) in [7, 11) is 1.66. The molecule has 4 aromatic rings. The van der Waals surface area contributed by atoms with Crippen LogP contribution in [-0.2, 0) is 0 Å². The minimum Gasteiger partial charge on any atom is -0.494 e. The maximum Gasteiger partial charge on any atom is 0.183 e. The Morgan fingerprint density at radius 1 is 0.957 bits per heavy atom. The fraction of sp³-hybridized carbons (Fsp3) is 0.167. The molecule has 2 aromatic heterocycles. The number of fused-ring (bicyclic) bond motifs is 3. The van der Waals surface area contributed by atoms with Gasteiger partial charge in [0.25, 0.3) is 0 Å². The Balaban J connectivity index is 2.22. The molecule has 0 radical (unpaired) electrons. The first-order chi connectivity index (χ1) is 11.2. The molecule has 0 fully saturated rings. The lowest BCUT2D eigenvalue weighted by Gasteiger charge is -2.11. The molecular weight excluding hydrogens is 288 g/mol. The first kappa shape index (κ1) is 13.7. The topological polar surface area (TPSA) is 52.3 Å². The molecule has 0 saturated carbocycles. The third-order valence-corrected chi connectivity index (χ3v) is 4.08. The standard InChI is InChI=1S/C18H16N4O/c1-11-7-4-5-8-13(11)18-21-20-17-12(2)19-14-9-6-10-15(23-3)16(14)22(17)18/h4-10H,1-3H3. The molecule has 0 aliphatic heterocycles. The van der Waals surface area contributed by atoms with E-state index in [9.17, 15) is 0 Å². The van der Waals surface area contributed by atoms with Crippen molar-refractivity contribution in [1.82, 2.24) is 19.6 Å². The number of ether oxygens (including phenoxy) is 1. The number of aryl methyl sites for hydroxylation is 2. The van der Waals surface area contributed by atoms with E-state index in [0.29, 0.717) is 0 Å². The summed E-state index contributed by atoms with van der Waals surface area (Å²) in [6, 6.07) is 14.0. The number of benzene rings is 2. The molecule has 0 atom stereocenters. The van der Waals surface area contributed by atoms with Crippen LogP contribution in [0.1, 0.15) is 11.3 Å². The van der Waals surface area contributed by atoms with Gasteiger partial charge in [0.15, 0.2) is 11.5 Å². The molecular formula is C18H16N4O. The summed E-state index contributed by atoms with van der Waals surface area (Å²) in [5.74, 6) is 1.56. The van der Waals surface area contributed by atoms with E-state index in [-0.39, 0.29) is 0 Å². The third-order valence-electron chi connectivity index (χ3n) is 4.08. The number of hydrogen-bond acceptors (Lipinski definition) is 4. The highest BCUT2D eigenvalue weighted by atomic mass is 16.5. The van der Waals surface area contributed by atoms with Crippen molar-refractivity contribution >= 4 is 16.7 Å². The molecule has 0 amide bonds. The summed E-state index contributed by atoms with van der Waals surface area (Å²) in [4.78, 5) is 4.64. The molecule has 0 spiro atoms. The molecule has 0 aliphatic carbocycles. The summed E-state index contributed by atoms with van der Waals surface area (Å²) >= 11 is 0. The zero-order chi connectivity index (χ0) is 16.0. The second-order valence-electron chi connectivity index (χ2n) is 5.52. The normalized spacial score (nSPS) is 11.3. The predicted molar refractivity (Wildman–Crippen MR) is 89.8 cm³/mol. The SMILES string of the molecule is COc1cccc2nc(C)c3nnc(-c4ccccc4C)n3c12. The van der Waals surface area contributed by atoms with Crippen molar-refractivity contribution in [3.05, 3.63) is 53.7 Å². The maximum atomic E-state index is 5.55. The van der Waals surface area contributed by atoms with Gasteiger partial charge in [-0.25, -0.2) is 4.98 Å². The van der Waals surface area contributed by atoms with Crippen LogP contribution in [0.2, 0.25) is 0 Å². The Labute approximate surface area is 133 Å². The average molecular weight is 304 g/mol. The van der Waals surface area contributed by atoms with Crippen molar-refractivity contribution in [3.63, 3.8) is 0 Å². The zero-order valence-corrected chi connectivity index (χ0v) is 13.2. The number of aromatic nitrogens is 4. The molecule has 114 valence electrons. The molecule has 0 bridgehead atoms. The largest absolute Gasteiger partial charge is 0.494 e. The molecule has 5 nitrogen and oxygen atoms in total. The maximum absolute atomic E-state index is 5.55. The molecule has 0 aliphatic rings. The van der Waals surface area contributed by atoms with Gasteiger partial charge in [0.1, 0.15) is 11.3 Å². The summed E-state index contributed by atoms with van der Waals surface area (Å²) < 4.78 is 7.59. The van der Waals surface area contributed by atoms with Crippen molar-refractivity contribution in [1.29, 1.82) is 0 Å². The number of para-hydroxylation sites is 1. The van der Waals surface area contributed by atoms with Crippen LogP contribution in [0.5, 0.6) is 5.75 Å². The highest BCUT2D eigenvalue weighted by molar-refractivity contribution is 5.86. The summed E-state index contributed by atoms with van der Waals surface area (Å²) in [5, 5.41) is 8.79. The van der Waals surface area contributed by atoms with Gasteiger partial charge in [-0.3, -0.25) is 4.40 Å². The van der Waals surface area contributed by atoms with Crippen molar-refractivity contribution in [2.24, 2.45) is 0 Å². The lowest BCUT2D eigenvalue weighted by Crippen LogP contribution is -2.00. The highest BCUT2D eigenvalue weighted by Crippen LogP contribution is 2.30. The fourth-order valence-corrected chi connectivity index (χ4v) is 2.95.